The Kier molecular flexibility index (Phi) is 0.474. The van der Waals surface area contributed by atoms with E-state index >= 15 is 0 Å². The van der Waals surface area contributed by atoms with Crippen molar-refractivity contribution >= 4 is 6.21 Å². The van der Waals surface area contributed by atoms with Crippen LogP contribution in [0.4, 0.5) is 0 Å². The first-order valence-corrected chi connectivity index (χ1v) is 2.67. The molecule has 0 N–H and O–H groups in total. The lowest BCUT2D eigenvalue weighted by atomic mass is 10.2. The normalized spacial score (nSPS) is 43.4. The van der Waals surface area contributed by atoms with Gasteiger partial charge in [-0.05, 0) is 6.42 Å². The van der Waals surface area contributed by atoms with Gasteiger partial charge in [0.25, 0.3) is 0 Å². The van der Waals surface area contributed by atoms with Gasteiger partial charge in [0, 0.05) is 12.1 Å². The van der Waals surface area contributed by atoms with E-state index in [4.69, 9.17) is 0 Å². The van der Waals surface area contributed by atoms with E-state index in [1.165, 1.54) is 6.42 Å². The first kappa shape index (κ1) is 3.42. The lowest BCUT2D eigenvalue weighted by Crippen LogP contribution is -1.87. The van der Waals surface area contributed by atoms with E-state index in [-0.39, 0.29) is 0 Å². The first-order valence-electron chi connectivity index (χ1n) is 2.67. The van der Waals surface area contributed by atoms with Crippen molar-refractivity contribution in [2.75, 3.05) is 0 Å². The standard InChI is InChI=1S/C6H7N/c1-2-6-3-5(1)4-7-6/h1-2,4-6H,3H2. The number of nitrogens with zero attached hydrogens (tertiary/aromatic N) is 1. The van der Waals surface area contributed by atoms with E-state index in [1.54, 1.807) is 0 Å². The Balaban J connectivity index is 2.38. The SMILES string of the molecule is C1=CC2CC1C=N2. The fourth-order valence-electron chi connectivity index (χ4n) is 1.15. The van der Waals surface area contributed by atoms with Crippen LogP contribution in [0.5, 0.6) is 0 Å². The highest BCUT2D eigenvalue weighted by Crippen LogP contribution is 2.23. The van der Waals surface area contributed by atoms with E-state index in [1.807, 2.05) is 6.21 Å². The van der Waals surface area contributed by atoms with E-state index in [0.29, 0.717) is 12.0 Å². The second kappa shape index (κ2) is 0.971. The quantitative estimate of drug-likeness (QED) is 0.396. The average Bonchev–Trinajstić information content (AvgIpc) is 2.22. The number of aliphatic imine (C=N–C) groups is 1. The molecule has 2 rings (SSSR count). The topological polar surface area (TPSA) is 12.4 Å². The van der Waals surface area contributed by atoms with Crippen LogP contribution in [0.2, 0.25) is 0 Å². The Morgan fingerprint density at radius 1 is 1.43 bits per heavy atom. The summed E-state index contributed by atoms with van der Waals surface area (Å²) in [7, 11) is 0. The molecule has 2 bridgehead atoms. The summed E-state index contributed by atoms with van der Waals surface area (Å²) in [5, 5.41) is 0. The highest BCUT2D eigenvalue weighted by atomic mass is 14.8. The Labute approximate surface area is 42.8 Å². The highest BCUT2D eigenvalue weighted by molar-refractivity contribution is 5.68. The van der Waals surface area contributed by atoms with Gasteiger partial charge in [-0.1, -0.05) is 12.2 Å². The zero-order valence-electron chi connectivity index (χ0n) is 4.04. The van der Waals surface area contributed by atoms with Gasteiger partial charge in [-0.15, -0.1) is 0 Å². The molecule has 0 aromatic rings. The molecule has 0 spiro atoms. The zero-order chi connectivity index (χ0) is 4.69. The van der Waals surface area contributed by atoms with Crippen LogP contribution in [0, 0.1) is 5.92 Å². The van der Waals surface area contributed by atoms with Crippen molar-refractivity contribution in [3.05, 3.63) is 12.2 Å². The molecule has 1 aliphatic heterocycles. The maximum absolute atomic E-state index is 4.19. The first-order chi connectivity index (χ1) is 3.45. The largest absolute Gasteiger partial charge is 0.289 e. The molecule has 0 saturated heterocycles. The third-order valence-corrected chi connectivity index (χ3v) is 1.56. The number of rotatable bonds is 0. The summed E-state index contributed by atoms with van der Waals surface area (Å²) in [6.45, 7) is 0. The monoisotopic (exact) mass is 93.1 g/mol. The Morgan fingerprint density at radius 3 is 2.57 bits per heavy atom. The van der Waals surface area contributed by atoms with Crippen LogP contribution in [0.15, 0.2) is 17.1 Å². The number of dihydropyridines is 1. The van der Waals surface area contributed by atoms with Crippen molar-refractivity contribution in [2.45, 2.75) is 12.5 Å². The van der Waals surface area contributed by atoms with Crippen molar-refractivity contribution < 1.29 is 0 Å². The highest BCUT2D eigenvalue weighted by Gasteiger charge is 2.20. The summed E-state index contributed by atoms with van der Waals surface area (Å²) in [5.74, 6) is 0.699. The van der Waals surface area contributed by atoms with Gasteiger partial charge in [-0.2, -0.15) is 0 Å². The second-order valence-electron chi connectivity index (χ2n) is 2.15. The molecule has 0 fully saturated rings. The maximum atomic E-state index is 4.19. The summed E-state index contributed by atoms with van der Waals surface area (Å²) in [6.07, 6.45) is 7.72. The Morgan fingerprint density at radius 2 is 2.43 bits per heavy atom. The number of allylic oxidation sites excluding steroid dienone is 1. The van der Waals surface area contributed by atoms with Gasteiger partial charge in [0.05, 0.1) is 6.04 Å². The number of fused-ring (bicyclic) bond motifs is 2. The molecule has 1 nitrogen and oxygen atoms in total. The number of hydrogen-bond acceptors (Lipinski definition) is 1. The molecule has 0 saturated carbocycles. The summed E-state index contributed by atoms with van der Waals surface area (Å²) in [6, 6.07) is 0.560. The van der Waals surface area contributed by atoms with Crippen molar-refractivity contribution in [1.29, 1.82) is 0 Å². The minimum absolute atomic E-state index is 0.560. The Hall–Kier alpha value is -0.590. The molecule has 1 aliphatic carbocycles. The predicted molar refractivity (Wildman–Crippen MR) is 29.5 cm³/mol. The molecule has 0 radical (unpaired) electrons. The number of hydrogen-bond donors (Lipinski definition) is 0. The fourth-order valence-corrected chi connectivity index (χ4v) is 1.15. The molecule has 7 heavy (non-hydrogen) atoms. The molecule has 36 valence electrons. The summed E-state index contributed by atoms with van der Waals surface area (Å²) < 4.78 is 0. The molecule has 0 aromatic heterocycles. The van der Waals surface area contributed by atoms with Crippen LogP contribution < -0.4 is 0 Å². The lowest BCUT2D eigenvalue weighted by molar-refractivity contribution is 0.782. The minimum atomic E-state index is 0.560. The van der Waals surface area contributed by atoms with E-state index < -0.39 is 0 Å². The predicted octanol–water partition coefficient (Wildman–Crippen LogP) is 1.02. The zero-order valence-corrected chi connectivity index (χ0v) is 4.04. The van der Waals surface area contributed by atoms with E-state index in [0.717, 1.165) is 0 Å². The smallest absolute Gasteiger partial charge is 0.0685 e. The van der Waals surface area contributed by atoms with Gasteiger partial charge in [-0.25, -0.2) is 0 Å². The van der Waals surface area contributed by atoms with Gasteiger partial charge >= 0.3 is 0 Å². The van der Waals surface area contributed by atoms with Crippen molar-refractivity contribution in [1.82, 2.24) is 0 Å². The molecular formula is C6H7N. The van der Waals surface area contributed by atoms with Crippen molar-refractivity contribution in [2.24, 2.45) is 10.9 Å². The molecule has 1 heteroatoms. The average molecular weight is 93.1 g/mol. The van der Waals surface area contributed by atoms with Crippen LogP contribution in [0.1, 0.15) is 6.42 Å². The van der Waals surface area contributed by atoms with Gasteiger partial charge < -0.3 is 0 Å². The van der Waals surface area contributed by atoms with Gasteiger partial charge in [0.1, 0.15) is 0 Å². The molecular weight excluding hydrogens is 86.1 g/mol. The van der Waals surface area contributed by atoms with Crippen LogP contribution in [0.3, 0.4) is 0 Å². The van der Waals surface area contributed by atoms with Crippen LogP contribution in [-0.2, 0) is 0 Å². The van der Waals surface area contributed by atoms with Crippen LogP contribution >= 0.6 is 0 Å². The summed E-state index contributed by atoms with van der Waals surface area (Å²) in [4.78, 5) is 4.19. The molecule has 2 atom stereocenters. The van der Waals surface area contributed by atoms with E-state index in [9.17, 15) is 0 Å². The molecule has 0 aromatic carbocycles. The molecule has 0 amide bonds. The van der Waals surface area contributed by atoms with Crippen molar-refractivity contribution in [3.63, 3.8) is 0 Å². The van der Waals surface area contributed by atoms with Gasteiger partial charge in [0.2, 0.25) is 0 Å². The third kappa shape index (κ3) is 0.350. The second-order valence-corrected chi connectivity index (χ2v) is 2.15. The van der Waals surface area contributed by atoms with E-state index in [2.05, 4.69) is 17.1 Å². The maximum Gasteiger partial charge on any atom is 0.0685 e. The molecule has 2 unspecified atom stereocenters. The Bertz CT molecular complexity index is 107. The lowest BCUT2D eigenvalue weighted by Gasteiger charge is -1.88. The van der Waals surface area contributed by atoms with Crippen molar-refractivity contribution in [3.8, 4) is 0 Å². The summed E-state index contributed by atoms with van der Waals surface area (Å²) in [5.41, 5.74) is 0. The third-order valence-electron chi connectivity index (χ3n) is 1.56. The van der Waals surface area contributed by atoms with Gasteiger partial charge in [-0.3, -0.25) is 4.99 Å². The molecule has 2 aliphatic rings. The van der Waals surface area contributed by atoms with Crippen LogP contribution in [-0.4, -0.2) is 12.3 Å². The molecule has 1 heterocycles. The fraction of sp³-hybridized carbons (Fsp3) is 0.500. The van der Waals surface area contributed by atoms with Gasteiger partial charge in [0.15, 0.2) is 0 Å². The van der Waals surface area contributed by atoms with Crippen LogP contribution in [0.25, 0.3) is 0 Å². The minimum Gasteiger partial charge on any atom is -0.289 e. The summed E-state index contributed by atoms with van der Waals surface area (Å²) >= 11 is 0.